The van der Waals surface area contributed by atoms with Crippen molar-refractivity contribution in [3.8, 4) is 0 Å². The quantitative estimate of drug-likeness (QED) is 0.0311. The fourth-order valence-electron chi connectivity index (χ4n) is 4.41. The Morgan fingerprint density at radius 1 is 0.689 bits per heavy atom. The standard InChI is InChI=1S/C36H66NO7P/c1-3-5-7-9-11-13-15-17-18-20-22-24-26-28-31-41-33-35(34-43-45(39,40)42-32-30-37)44-36(38)29-27-25-23-21-19-16-14-12-10-8-6-4-2/h5,7,11-14,17-18,35H,3-4,6,8-10,15-16,19-34,37H2,1-2H3,(H,39,40)/b7-5-,13-11-,14-12-,18-17-. The molecule has 2 atom stereocenters. The number of hydrogen-bond acceptors (Lipinski definition) is 7. The Balaban J connectivity index is 4.19. The van der Waals surface area contributed by atoms with Gasteiger partial charge in [0.2, 0.25) is 0 Å². The van der Waals surface area contributed by atoms with E-state index in [4.69, 9.17) is 24.3 Å². The Morgan fingerprint density at radius 3 is 1.89 bits per heavy atom. The number of rotatable bonds is 33. The third-order valence-electron chi connectivity index (χ3n) is 6.98. The molecule has 0 aliphatic rings. The zero-order valence-corrected chi connectivity index (χ0v) is 29.5. The first-order valence-electron chi connectivity index (χ1n) is 17.6. The van der Waals surface area contributed by atoms with Crippen LogP contribution in [0.3, 0.4) is 0 Å². The molecule has 262 valence electrons. The lowest BCUT2D eigenvalue weighted by Gasteiger charge is -2.20. The highest BCUT2D eigenvalue weighted by Crippen LogP contribution is 2.43. The molecule has 0 fully saturated rings. The van der Waals surface area contributed by atoms with Crippen LogP contribution in [0.4, 0.5) is 0 Å². The maximum Gasteiger partial charge on any atom is 0.472 e. The first-order valence-corrected chi connectivity index (χ1v) is 19.1. The van der Waals surface area contributed by atoms with Gasteiger partial charge in [-0.05, 0) is 70.6 Å². The Kier molecular flexibility index (Phi) is 32.7. The number of unbranched alkanes of at least 4 members (excludes halogenated alkanes) is 12. The number of carbonyl (C=O) groups is 1. The highest BCUT2D eigenvalue weighted by atomic mass is 31.2. The maximum atomic E-state index is 12.5. The summed E-state index contributed by atoms with van der Waals surface area (Å²) < 4.78 is 33.2. The summed E-state index contributed by atoms with van der Waals surface area (Å²) in [5.41, 5.74) is 5.34. The molecule has 0 bridgehead atoms. The van der Waals surface area contributed by atoms with E-state index >= 15 is 0 Å². The summed E-state index contributed by atoms with van der Waals surface area (Å²) in [5, 5.41) is 0. The molecule has 2 unspecified atom stereocenters. The van der Waals surface area contributed by atoms with E-state index < -0.39 is 13.9 Å². The van der Waals surface area contributed by atoms with Gasteiger partial charge in [-0.15, -0.1) is 0 Å². The third-order valence-corrected chi connectivity index (χ3v) is 7.96. The lowest BCUT2D eigenvalue weighted by atomic mass is 10.1. The summed E-state index contributed by atoms with van der Waals surface area (Å²) in [5.74, 6) is -0.352. The lowest BCUT2D eigenvalue weighted by molar-refractivity contribution is -0.154. The van der Waals surface area contributed by atoms with Crippen molar-refractivity contribution in [3.05, 3.63) is 48.6 Å². The van der Waals surface area contributed by atoms with Gasteiger partial charge in [-0.3, -0.25) is 13.8 Å². The van der Waals surface area contributed by atoms with E-state index in [0.717, 1.165) is 83.5 Å². The maximum absolute atomic E-state index is 12.5. The van der Waals surface area contributed by atoms with Crippen LogP contribution >= 0.6 is 7.82 Å². The van der Waals surface area contributed by atoms with Crippen LogP contribution in [0.5, 0.6) is 0 Å². The van der Waals surface area contributed by atoms with E-state index in [1.807, 2.05) is 0 Å². The van der Waals surface area contributed by atoms with Crippen LogP contribution in [0, 0.1) is 0 Å². The number of hydrogen-bond donors (Lipinski definition) is 2. The SMILES string of the molecule is CC/C=C\C/C=C\C/C=C\CCCCCCOCC(COP(=O)(O)OCCN)OC(=O)CCCCCCC/C=C\CCCCC. The molecule has 8 nitrogen and oxygen atoms in total. The Hall–Kier alpha value is -1.54. The Bertz CT molecular complexity index is 828. The van der Waals surface area contributed by atoms with Gasteiger partial charge < -0.3 is 20.1 Å². The van der Waals surface area contributed by atoms with Crippen molar-refractivity contribution in [2.75, 3.05) is 33.0 Å². The molecule has 0 saturated heterocycles. The van der Waals surface area contributed by atoms with Gasteiger partial charge in [0.25, 0.3) is 0 Å². The van der Waals surface area contributed by atoms with Gasteiger partial charge >= 0.3 is 13.8 Å². The molecule has 0 heterocycles. The number of allylic oxidation sites excluding steroid dienone is 8. The van der Waals surface area contributed by atoms with Gasteiger partial charge in [0.15, 0.2) is 0 Å². The molecule has 9 heteroatoms. The van der Waals surface area contributed by atoms with E-state index in [1.165, 1.54) is 32.1 Å². The molecule has 45 heavy (non-hydrogen) atoms. The molecule has 0 saturated carbocycles. The summed E-state index contributed by atoms with van der Waals surface area (Å²) in [7, 11) is -4.28. The molecular weight excluding hydrogens is 589 g/mol. The second-order valence-corrected chi connectivity index (χ2v) is 12.8. The fourth-order valence-corrected chi connectivity index (χ4v) is 5.18. The molecule has 0 radical (unpaired) electrons. The smallest absolute Gasteiger partial charge is 0.457 e. The minimum absolute atomic E-state index is 0.0933. The van der Waals surface area contributed by atoms with Crippen LogP contribution in [0.15, 0.2) is 48.6 Å². The average Bonchev–Trinajstić information content (AvgIpc) is 3.02. The summed E-state index contributed by atoms with van der Waals surface area (Å²) >= 11 is 0. The number of ether oxygens (including phenoxy) is 2. The first-order chi connectivity index (χ1) is 21.9. The number of phosphoric ester groups is 1. The molecule has 0 aromatic heterocycles. The van der Waals surface area contributed by atoms with Crippen molar-refractivity contribution in [1.82, 2.24) is 0 Å². The van der Waals surface area contributed by atoms with E-state index in [0.29, 0.717) is 13.0 Å². The van der Waals surface area contributed by atoms with E-state index in [2.05, 4.69) is 62.5 Å². The zero-order chi connectivity index (χ0) is 33.1. The van der Waals surface area contributed by atoms with Gasteiger partial charge in [-0.25, -0.2) is 4.57 Å². The number of esters is 1. The molecular formula is C36H66NO7P. The van der Waals surface area contributed by atoms with Crippen molar-refractivity contribution in [2.24, 2.45) is 5.73 Å². The molecule has 0 aliphatic heterocycles. The van der Waals surface area contributed by atoms with Crippen molar-refractivity contribution in [2.45, 2.75) is 142 Å². The minimum Gasteiger partial charge on any atom is -0.457 e. The predicted molar refractivity (Wildman–Crippen MR) is 187 cm³/mol. The van der Waals surface area contributed by atoms with Crippen LogP contribution < -0.4 is 5.73 Å². The zero-order valence-electron chi connectivity index (χ0n) is 28.6. The van der Waals surface area contributed by atoms with Gasteiger partial charge in [0, 0.05) is 19.6 Å². The molecule has 0 aliphatic carbocycles. The summed E-state index contributed by atoms with van der Waals surface area (Å²) in [6.45, 7) is 4.69. The molecule has 0 amide bonds. The normalized spacial score (nSPS) is 14.3. The van der Waals surface area contributed by atoms with Gasteiger partial charge in [-0.1, -0.05) is 107 Å². The molecule has 0 spiro atoms. The monoisotopic (exact) mass is 655 g/mol. The fraction of sp³-hybridized carbons (Fsp3) is 0.750. The molecule has 3 N–H and O–H groups in total. The highest BCUT2D eigenvalue weighted by Gasteiger charge is 2.25. The topological polar surface area (TPSA) is 117 Å². The van der Waals surface area contributed by atoms with Gasteiger partial charge in [0.05, 0.1) is 19.8 Å². The van der Waals surface area contributed by atoms with Crippen LogP contribution in [0.1, 0.15) is 136 Å². The molecule has 0 aromatic carbocycles. The van der Waals surface area contributed by atoms with Crippen LogP contribution in [0.2, 0.25) is 0 Å². The molecule has 0 rings (SSSR count). The van der Waals surface area contributed by atoms with E-state index in [-0.39, 0.29) is 32.3 Å². The summed E-state index contributed by atoms with van der Waals surface area (Å²) in [6, 6.07) is 0. The van der Waals surface area contributed by atoms with Crippen LogP contribution in [-0.4, -0.2) is 49.9 Å². The van der Waals surface area contributed by atoms with Gasteiger partial charge in [-0.2, -0.15) is 0 Å². The van der Waals surface area contributed by atoms with Gasteiger partial charge in [0.1, 0.15) is 6.10 Å². The third kappa shape index (κ3) is 33.6. The van der Waals surface area contributed by atoms with E-state index in [1.54, 1.807) is 0 Å². The number of phosphoric acid groups is 1. The van der Waals surface area contributed by atoms with Crippen molar-refractivity contribution < 1.29 is 32.8 Å². The number of carbonyl (C=O) groups excluding carboxylic acids is 1. The van der Waals surface area contributed by atoms with Crippen molar-refractivity contribution in [1.29, 1.82) is 0 Å². The highest BCUT2D eigenvalue weighted by molar-refractivity contribution is 7.47. The average molecular weight is 656 g/mol. The van der Waals surface area contributed by atoms with Crippen LogP contribution in [-0.2, 0) is 27.9 Å². The molecule has 0 aromatic rings. The Labute approximate surface area is 275 Å². The lowest BCUT2D eigenvalue weighted by Crippen LogP contribution is -2.28. The van der Waals surface area contributed by atoms with Crippen molar-refractivity contribution in [3.63, 3.8) is 0 Å². The minimum atomic E-state index is -4.28. The second-order valence-electron chi connectivity index (χ2n) is 11.3. The largest absolute Gasteiger partial charge is 0.472 e. The number of nitrogens with two attached hydrogens (primary N) is 1. The second kappa shape index (κ2) is 33.8. The van der Waals surface area contributed by atoms with E-state index in [9.17, 15) is 14.3 Å². The van der Waals surface area contributed by atoms with Crippen molar-refractivity contribution >= 4 is 13.8 Å². The summed E-state index contributed by atoms with van der Waals surface area (Å²) in [4.78, 5) is 22.3. The van der Waals surface area contributed by atoms with Crippen LogP contribution in [0.25, 0.3) is 0 Å². The predicted octanol–water partition coefficient (Wildman–Crippen LogP) is 9.68. The first kappa shape index (κ1) is 43.5. The summed E-state index contributed by atoms with van der Waals surface area (Å²) in [6.07, 6.45) is 36.9. The Morgan fingerprint density at radius 2 is 1.24 bits per heavy atom.